The van der Waals surface area contributed by atoms with Crippen molar-refractivity contribution in [3.63, 3.8) is 0 Å². The predicted molar refractivity (Wildman–Crippen MR) is 129 cm³/mol. The molecule has 10 nitrogen and oxygen atoms in total. The van der Waals surface area contributed by atoms with Gasteiger partial charge in [-0.25, -0.2) is 14.4 Å². The molecule has 3 atom stereocenters. The molecule has 2 N–H and O–H groups in total. The Bertz CT molecular complexity index is 1420. The summed E-state index contributed by atoms with van der Waals surface area (Å²) in [5, 5.41) is 12.8. The SMILES string of the molecule is CC(C)c1ccc([C@@H](NC(=O)[C@@H]2C[C@@H](F)CN2C(=O)Cc2cn[nH]n2)c2ncn3ccccc23)nc1F. The number of aromatic amines is 1. The van der Waals surface area contributed by atoms with Gasteiger partial charge in [0.15, 0.2) is 0 Å². The van der Waals surface area contributed by atoms with E-state index >= 15 is 0 Å². The van der Waals surface area contributed by atoms with Gasteiger partial charge in [0.2, 0.25) is 17.8 Å². The molecule has 4 aromatic heterocycles. The minimum atomic E-state index is -1.36. The molecule has 192 valence electrons. The molecule has 2 amide bonds. The molecule has 0 aromatic carbocycles. The largest absolute Gasteiger partial charge is 0.340 e. The standard InChI is InChI=1S/C25H26F2N8O2/c1-14(2)17-6-7-18(30-24(17)27)22(23-19-5-3-4-8-34(19)13-28-23)31-25(37)20-9-15(26)12-35(20)21(36)10-16-11-29-33-32-16/h3-8,11,13-15,20,22H,9-10,12H2,1-2H3,(H,31,37)(H,29,32,33)/t15-,20+,22-/m1/s1. The Balaban J connectivity index is 1.47. The van der Waals surface area contributed by atoms with Gasteiger partial charge in [-0.3, -0.25) is 9.59 Å². The van der Waals surface area contributed by atoms with Gasteiger partial charge in [-0.2, -0.15) is 19.8 Å². The fourth-order valence-electron chi connectivity index (χ4n) is 4.63. The Labute approximate surface area is 211 Å². The van der Waals surface area contributed by atoms with Crippen molar-refractivity contribution in [1.29, 1.82) is 0 Å². The molecule has 1 fully saturated rings. The second-order valence-electron chi connectivity index (χ2n) is 9.37. The van der Waals surface area contributed by atoms with Gasteiger partial charge in [0.1, 0.15) is 18.3 Å². The average molecular weight is 509 g/mol. The van der Waals surface area contributed by atoms with E-state index in [0.717, 1.165) is 0 Å². The zero-order chi connectivity index (χ0) is 26.1. The van der Waals surface area contributed by atoms with Gasteiger partial charge in [-0.15, -0.1) is 0 Å². The van der Waals surface area contributed by atoms with Crippen LogP contribution >= 0.6 is 0 Å². The molecule has 0 unspecified atom stereocenters. The van der Waals surface area contributed by atoms with Crippen LogP contribution in [0.3, 0.4) is 0 Å². The molecule has 0 radical (unpaired) electrons. The molecule has 1 saturated heterocycles. The van der Waals surface area contributed by atoms with Gasteiger partial charge < -0.3 is 14.6 Å². The van der Waals surface area contributed by atoms with Crippen LogP contribution in [-0.4, -0.2) is 65.3 Å². The molecular formula is C25H26F2N8O2. The molecule has 12 heteroatoms. The first kappa shape index (κ1) is 24.5. The lowest BCUT2D eigenvalue weighted by Gasteiger charge is -2.26. The Kier molecular flexibility index (Phi) is 6.64. The Morgan fingerprint density at radius 1 is 1.24 bits per heavy atom. The summed E-state index contributed by atoms with van der Waals surface area (Å²) in [6.45, 7) is 3.52. The minimum Gasteiger partial charge on any atom is -0.340 e. The van der Waals surface area contributed by atoms with E-state index in [-0.39, 0.29) is 31.0 Å². The number of carbonyl (C=O) groups is 2. The molecule has 37 heavy (non-hydrogen) atoms. The van der Waals surface area contributed by atoms with Crippen LogP contribution in [0.5, 0.6) is 0 Å². The van der Waals surface area contributed by atoms with E-state index in [1.165, 1.54) is 11.1 Å². The average Bonchev–Trinajstić information content (AvgIpc) is 3.62. The monoisotopic (exact) mass is 508 g/mol. The fraction of sp³-hybridized carbons (Fsp3) is 0.360. The summed E-state index contributed by atoms with van der Waals surface area (Å²) >= 11 is 0. The van der Waals surface area contributed by atoms with E-state index in [0.29, 0.717) is 22.5 Å². The summed E-state index contributed by atoms with van der Waals surface area (Å²) < 4.78 is 31.1. The first-order chi connectivity index (χ1) is 17.8. The van der Waals surface area contributed by atoms with Gasteiger partial charge in [-0.1, -0.05) is 26.0 Å². The number of halogens is 2. The van der Waals surface area contributed by atoms with Gasteiger partial charge >= 0.3 is 0 Å². The fourth-order valence-corrected chi connectivity index (χ4v) is 4.63. The maximum absolute atomic E-state index is 14.9. The number of H-pyrrole nitrogens is 1. The van der Waals surface area contributed by atoms with Crippen molar-refractivity contribution in [3.05, 3.63) is 77.6 Å². The van der Waals surface area contributed by atoms with E-state index in [9.17, 15) is 18.4 Å². The normalized spacial score (nSPS) is 18.5. The van der Waals surface area contributed by atoms with Crippen LogP contribution in [0.4, 0.5) is 8.78 Å². The molecule has 0 spiro atoms. The highest BCUT2D eigenvalue weighted by Gasteiger charge is 2.41. The Morgan fingerprint density at radius 2 is 2.08 bits per heavy atom. The molecule has 0 saturated carbocycles. The third-order valence-corrected chi connectivity index (χ3v) is 6.52. The van der Waals surface area contributed by atoms with Gasteiger partial charge in [0, 0.05) is 18.2 Å². The van der Waals surface area contributed by atoms with Crippen molar-refractivity contribution in [1.82, 2.24) is 40.0 Å². The zero-order valence-corrected chi connectivity index (χ0v) is 20.3. The summed E-state index contributed by atoms with van der Waals surface area (Å²) in [6.07, 6.45) is 3.16. The lowest BCUT2D eigenvalue weighted by molar-refractivity contribution is -0.138. The number of aromatic nitrogens is 6. The topological polar surface area (TPSA) is 121 Å². The number of likely N-dealkylation sites (tertiary alicyclic amines) is 1. The van der Waals surface area contributed by atoms with Crippen LogP contribution in [0.25, 0.3) is 5.52 Å². The summed E-state index contributed by atoms with van der Waals surface area (Å²) in [6, 6.07) is 6.79. The number of carbonyl (C=O) groups excluding carboxylic acids is 2. The number of rotatable bonds is 7. The lowest BCUT2D eigenvalue weighted by atomic mass is 10.0. The van der Waals surface area contributed by atoms with Crippen LogP contribution in [0.15, 0.2) is 49.1 Å². The smallest absolute Gasteiger partial charge is 0.243 e. The first-order valence-corrected chi connectivity index (χ1v) is 12.0. The number of hydrogen-bond acceptors (Lipinski definition) is 6. The molecule has 4 aromatic rings. The number of fused-ring (bicyclic) bond motifs is 1. The number of imidazole rings is 1. The number of pyridine rings is 2. The highest BCUT2D eigenvalue weighted by atomic mass is 19.1. The third-order valence-electron chi connectivity index (χ3n) is 6.52. The van der Waals surface area contributed by atoms with Gasteiger partial charge in [0.25, 0.3) is 0 Å². The second kappa shape index (κ2) is 10.0. The quantitative estimate of drug-likeness (QED) is 0.370. The van der Waals surface area contributed by atoms with Gasteiger partial charge in [0.05, 0.1) is 48.1 Å². The zero-order valence-electron chi connectivity index (χ0n) is 20.3. The number of hydrogen-bond donors (Lipinski definition) is 2. The van der Waals surface area contributed by atoms with E-state index in [2.05, 4.69) is 30.7 Å². The minimum absolute atomic E-state index is 0.0766. The Morgan fingerprint density at radius 3 is 2.81 bits per heavy atom. The van der Waals surface area contributed by atoms with E-state index in [1.54, 1.807) is 29.1 Å². The van der Waals surface area contributed by atoms with Gasteiger partial charge in [-0.05, 0) is 24.1 Å². The number of alkyl halides is 1. The molecule has 0 aliphatic carbocycles. The highest BCUT2D eigenvalue weighted by molar-refractivity contribution is 5.89. The summed E-state index contributed by atoms with van der Waals surface area (Å²) in [7, 11) is 0. The second-order valence-corrected chi connectivity index (χ2v) is 9.37. The molecule has 0 bridgehead atoms. The molecule has 5 rings (SSSR count). The Hall–Kier alpha value is -4.22. The highest BCUT2D eigenvalue weighted by Crippen LogP contribution is 2.28. The van der Waals surface area contributed by atoms with Crippen LogP contribution in [0, 0.1) is 5.95 Å². The molecule has 1 aliphatic rings. The molecular weight excluding hydrogens is 482 g/mol. The van der Waals surface area contributed by atoms with Crippen molar-refractivity contribution < 1.29 is 18.4 Å². The van der Waals surface area contributed by atoms with Crippen LogP contribution < -0.4 is 5.32 Å². The van der Waals surface area contributed by atoms with E-state index in [4.69, 9.17) is 0 Å². The van der Waals surface area contributed by atoms with Crippen molar-refractivity contribution in [2.45, 2.75) is 50.9 Å². The maximum atomic E-state index is 14.9. The summed E-state index contributed by atoms with van der Waals surface area (Å²) in [4.78, 5) is 36.3. The first-order valence-electron chi connectivity index (χ1n) is 12.0. The van der Waals surface area contributed by atoms with Crippen LogP contribution in [0.2, 0.25) is 0 Å². The number of nitrogens with one attached hydrogen (secondary N) is 2. The summed E-state index contributed by atoms with van der Waals surface area (Å²) in [5.74, 6) is -1.73. The molecule has 5 heterocycles. The van der Waals surface area contributed by atoms with Crippen molar-refractivity contribution in [2.75, 3.05) is 6.54 Å². The van der Waals surface area contributed by atoms with Crippen molar-refractivity contribution in [3.8, 4) is 0 Å². The van der Waals surface area contributed by atoms with Crippen molar-refractivity contribution in [2.24, 2.45) is 0 Å². The number of amides is 2. The van der Waals surface area contributed by atoms with E-state index < -0.39 is 36.0 Å². The van der Waals surface area contributed by atoms with Crippen molar-refractivity contribution >= 4 is 17.3 Å². The third kappa shape index (κ3) is 4.91. The predicted octanol–water partition coefficient (Wildman–Crippen LogP) is 2.50. The van der Waals surface area contributed by atoms with E-state index in [1.807, 2.05) is 32.0 Å². The molecule has 1 aliphatic heterocycles. The van der Waals surface area contributed by atoms with Crippen LogP contribution in [0.1, 0.15) is 54.9 Å². The number of nitrogens with zero attached hydrogens (tertiary/aromatic N) is 6. The maximum Gasteiger partial charge on any atom is 0.243 e. The summed E-state index contributed by atoms with van der Waals surface area (Å²) in [5.41, 5.74) is 2.23. The lowest BCUT2D eigenvalue weighted by Crippen LogP contribution is -2.47. The van der Waals surface area contributed by atoms with Crippen LogP contribution in [-0.2, 0) is 16.0 Å².